The number of H-pyrrole nitrogens is 1. The second kappa shape index (κ2) is 8.26. The van der Waals surface area contributed by atoms with Crippen LogP contribution in [0.15, 0.2) is 18.2 Å². The molecule has 1 amide bonds. The highest BCUT2D eigenvalue weighted by Crippen LogP contribution is 2.31. The van der Waals surface area contributed by atoms with E-state index in [9.17, 15) is 4.79 Å². The van der Waals surface area contributed by atoms with Crippen LogP contribution in [0.1, 0.15) is 12.1 Å². The molecule has 0 unspecified atom stereocenters. The van der Waals surface area contributed by atoms with Crippen LogP contribution in [0, 0.1) is 5.92 Å². The molecule has 3 rings (SSSR count). The molecule has 6 nitrogen and oxygen atoms in total. The van der Waals surface area contributed by atoms with E-state index in [1.54, 1.807) is 14.2 Å². The highest BCUT2D eigenvalue weighted by Gasteiger charge is 2.24. The van der Waals surface area contributed by atoms with Gasteiger partial charge in [0.1, 0.15) is 11.5 Å². The van der Waals surface area contributed by atoms with Crippen LogP contribution in [-0.2, 0) is 11.2 Å². The van der Waals surface area contributed by atoms with Gasteiger partial charge in [0.25, 0.3) is 0 Å². The molecule has 24 heavy (non-hydrogen) atoms. The Balaban J connectivity index is 0.00000208. The number of aromatic amines is 1. The van der Waals surface area contributed by atoms with E-state index in [2.05, 4.69) is 21.7 Å². The number of benzene rings is 1. The Morgan fingerprint density at radius 2 is 2.04 bits per heavy atom. The van der Waals surface area contributed by atoms with E-state index in [-0.39, 0.29) is 24.2 Å². The number of aromatic nitrogens is 1. The Kier molecular flexibility index (Phi) is 6.34. The Hall–Kier alpha value is -1.92. The predicted molar refractivity (Wildman–Crippen MR) is 96.3 cm³/mol. The highest BCUT2D eigenvalue weighted by atomic mass is 35.5. The zero-order valence-electron chi connectivity index (χ0n) is 14.0. The minimum absolute atomic E-state index is 0. The lowest BCUT2D eigenvalue weighted by Gasteiger charge is -2.25. The summed E-state index contributed by atoms with van der Waals surface area (Å²) < 4.78 is 10.7. The van der Waals surface area contributed by atoms with Crippen LogP contribution in [0.3, 0.4) is 0 Å². The lowest BCUT2D eigenvalue weighted by atomic mass is 10.0. The van der Waals surface area contributed by atoms with Crippen LogP contribution in [-0.4, -0.2) is 44.7 Å². The third-order valence-corrected chi connectivity index (χ3v) is 4.26. The summed E-state index contributed by atoms with van der Waals surface area (Å²) in [5.41, 5.74) is 2.13. The molecule has 2 aromatic rings. The zero-order chi connectivity index (χ0) is 16.2. The van der Waals surface area contributed by atoms with E-state index in [1.165, 1.54) is 0 Å². The first kappa shape index (κ1) is 18.4. The van der Waals surface area contributed by atoms with Gasteiger partial charge >= 0.3 is 0 Å². The van der Waals surface area contributed by atoms with Crippen molar-refractivity contribution in [2.75, 3.05) is 33.9 Å². The third kappa shape index (κ3) is 3.94. The molecule has 7 heteroatoms. The van der Waals surface area contributed by atoms with Crippen LogP contribution < -0.4 is 20.1 Å². The number of halogens is 1. The fourth-order valence-electron chi connectivity index (χ4n) is 2.77. The van der Waals surface area contributed by atoms with Crippen LogP contribution in [0.2, 0.25) is 0 Å². The van der Waals surface area contributed by atoms with E-state index >= 15 is 0 Å². The summed E-state index contributed by atoms with van der Waals surface area (Å²) in [4.78, 5) is 15.1. The van der Waals surface area contributed by atoms with Crippen LogP contribution in [0.25, 0.3) is 10.9 Å². The van der Waals surface area contributed by atoms with E-state index in [0.717, 1.165) is 54.0 Å². The van der Waals surface area contributed by atoms with Crippen molar-refractivity contribution in [3.05, 3.63) is 23.9 Å². The molecule has 3 N–H and O–H groups in total. The number of hydrogen-bond donors (Lipinski definition) is 3. The van der Waals surface area contributed by atoms with Gasteiger partial charge in [0.2, 0.25) is 5.91 Å². The summed E-state index contributed by atoms with van der Waals surface area (Å²) in [5.74, 6) is 1.88. The lowest BCUT2D eigenvalue weighted by Crippen LogP contribution is -2.50. The first-order chi connectivity index (χ1) is 11.2. The van der Waals surface area contributed by atoms with Crippen molar-refractivity contribution >= 4 is 29.2 Å². The largest absolute Gasteiger partial charge is 0.497 e. The molecule has 0 spiro atoms. The van der Waals surface area contributed by atoms with Gasteiger partial charge in [-0.1, -0.05) is 0 Å². The number of carbonyl (C=O) groups excluding carboxylic acids is 1. The Labute approximate surface area is 147 Å². The topological polar surface area (TPSA) is 75.4 Å². The van der Waals surface area contributed by atoms with Gasteiger partial charge in [-0.3, -0.25) is 4.79 Å². The van der Waals surface area contributed by atoms with Crippen molar-refractivity contribution in [3.8, 4) is 11.5 Å². The normalized spacial score (nSPS) is 13.9. The van der Waals surface area contributed by atoms with Crippen molar-refractivity contribution < 1.29 is 14.3 Å². The molecular weight excluding hydrogens is 330 g/mol. The number of aryl methyl sites for hydroxylation is 1. The fraction of sp³-hybridized carbons (Fsp3) is 0.471. The smallest absolute Gasteiger partial charge is 0.225 e. The second-order valence-electron chi connectivity index (χ2n) is 5.84. The molecule has 1 aromatic carbocycles. The minimum atomic E-state index is 0. The number of nitrogens with one attached hydrogen (secondary N) is 3. The Bertz CT molecular complexity index is 698. The van der Waals surface area contributed by atoms with Crippen molar-refractivity contribution in [1.82, 2.24) is 15.6 Å². The van der Waals surface area contributed by atoms with Gasteiger partial charge in [-0.15, -0.1) is 12.4 Å². The molecule has 0 radical (unpaired) electrons. The first-order valence-electron chi connectivity index (χ1n) is 7.93. The maximum absolute atomic E-state index is 11.7. The van der Waals surface area contributed by atoms with Gasteiger partial charge in [-0.05, 0) is 18.9 Å². The molecule has 132 valence electrons. The summed E-state index contributed by atoms with van der Waals surface area (Å²) in [5, 5.41) is 7.15. The Morgan fingerprint density at radius 3 is 2.67 bits per heavy atom. The average molecular weight is 354 g/mol. The standard InChI is InChI=1S/C17H23N3O3.ClH/c1-22-13-7-15-14(16(8-13)23-2)6-12(20-15)4-3-5-19-17(21)11-9-18-10-11;/h6-8,11,18,20H,3-5,9-10H2,1-2H3,(H,19,21);1H. The summed E-state index contributed by atoms with van der Waals surface area (Å²) >= 11 is 0. The maximum Gasteiger partial charge on any atom is 0.225 e. The molecule has 1 aromatic heterocycles. The fourth-order valence-corrected chi connectivity index (χ4v) is 2.77. The first-order valence-corrected chi connectivity index (χ1v) is 7.93. The SMILES string of the molecule is COc1cc(OC)c2cc(CCCNC(=O)C3CNC3)[nH]c2c1.Cl. The second-order valence-corrected chi connectivity index (χ2v) is 5.84. The molecule has 0 bridgehead atoms. The van der Waals surface area contributed by atoms with Crippen LogP contribution >= 0.6 is 12.4 Å². The number of fused-ring (bicyclic) bond motifs is 1. The van der Waals surface area contributed by atoms with E-state index < -0.39 is 0 Å². The molecule has 1 aliphatic rings. The van der Waals surface area contributed by atoms with Crippen molar-refractivity contribution in [2.45, 2.75) is 12.8 Å². The van der Waals surface area contributed by atoms with Crippen molar-refractivity contribution in [1.29, 1.82) is 0 Å². The summed E-state index contributed by atoms with van der Waals surface area (Å²) in [6.45, 7) is 2.30. The van der Waals surface area contributed by atoms with Gasteiger partial charge in [0.05, 0.1) is 25.7 Å². The zero-order valence-corrected chi connectivity index (χ0v) is 14.8. The number of rotatable bonds is 7. The number of methoxy groups -OCH3 is 2. The van der Waals surface area contributed by atoms with E-state index in [4.69, 9.17) is 9.47 Å². The van der Waals surface area contributed by atoms with E-state index in [1.807, 2.05) is 12.1 Å². The lowest BCUT2D eigenvalue weighted by molar-refractivity contribution is -0.126. The van der Waals surface area contributed by atoms with Crippen molar-refractivity contribution in [3.63, 3.8) is 0 Å². The number of carbonyl (C=O) groups is 1. The predicted octanol–water partition coefficient (Wildman–Crippen LogP) is 1.88. The van der Waals surface area contributed by atoms with Crippen LogP contribution in [0.4, 0.5) is 0 Å². The highest BCUT2D eigenvalue weighted by molar-refractivity contribution is 5.88. The number of amides is 1. The summed E-state index contributed by atoms with van der Waals surface area (Å²) in [7, 11) is 3.30. The molecule has 0 saturated carbocycles. The van der Waals surface area contributed by atoms with Crippen LogP contribution in [0.5, 0.6) is 11.5 Å². The van der Waals surface area contributed by atoms with E-state index in [0.29, 0.717) is 6.54 Å². The van der Waals surface area contributed by atoms with Gasteiger partial charge in [-0.2, -0.15) is 0 Å². The van der Waals surface area contributed by atoms with Gasteiger partial charge in [0.15, 0.2) is 0 Å². The minimum Gasteiger partial charge on any atom is -0.497 e. The van der Waals surface area contributed by atoms with Gasteiger partial charge in [0, 0.05) is 42.8 Å². The average Bonchev–Trinajstić information content (AvgIpc) is 2.91. The summed E-state index contributed by atoms with van der Waals surface area (Å²) in [6, 6.07) is 5.95. The van der Waals surface area contributed by atoms with Gasteiger partial charge < -0.3 is 25.1 Å². The number of ether oxygens (including phenoxy) is 2. The summed E-state index contributed by atoms with van der Waals surface area (Å²) in [6.07, 6.45) is 1.78. The molecule has 0 atom stereocenters. The molecule has 0 aliphatic carbocycles. The molecular formula is C17H24ClN3O3. The number of hydrogen-bond acceptors (Lipinski definition) is 4. The monoisotopic (exact) mass is 353 g/mol. The molecule has 1 fully saturated rings. The Morgan fingerprint density at radius 1 is 1.25 bits per heavy atom. The molecule has 1 saturated heterocycles. The van der Waals surface area contributed by atoms with Crippen molar-refractivity contribution in [2.24, 2.45) is 5.92 Å². The quantitative estimate of drug-likeness (QED) is 0.664. The van der Waals surface area contributed by atoms with Gasteiger partial charge in [-0.25, -0.2) is 0 Å². The molecule has 2 heterocycles. The molecule has 1 aliphatic heterocycles. The maximum atomic E-state index is 11.7. The third-order valence-electron chi connectivity index (χ3n) is 4.26.